The largest absolute Gasteiger partial charge is 0.378 e. The molecule has 0 aliphatic heterocycles. The van der Waals surface area contributed by atoms with Crippen molar-refractivity contribution < 1.29 is 5.11 Å². The van der Waals surface area contributed by atoms with Crippen molar-refractivity contribution in [2.24, 2.45) is 0 Å². The Kier molecular flexibility index (Phi) is 4.14. The maximum atomic E-state index is 9.47. The Morgan fingerprint density at radius 1 is 1.50 bits per heavy atom. The molecule has 0 heterocycles. The van der Waals surface area contributed by atoms with Crippen molar-refractivity contribution in [2.45, 2.75) is 45.6 Å². The van der Waals surface area contributed by atoms with E-state index in [0.717, 1.165) is 19.3 Å². The summed E-state index contributed by atoms with van der Waals surface area (Å²) in [7, 11) is 0. The molecule has 1 heteroatoms. The van der Waals surface area contributed by atoms with E-state index in [4.69, 9.17) is 0 Å². The van der Waals surface area contributed by atoms with Crippen molar-refractivity contribution in [1.29, 1.82) is 0 Å². The smallest absolute Gasteiger partial charge is 0.122 e. The van der Waals surface area contributed by atoms with Crippen LogP contribution in [0.3, 0.4) is 0 Å². The third-order valence-electron chi connectivity index (χ3n) is 1.41. The van der Waals surface area contributed by atoms with Gasteiger partial charge in [0, 0.05) is 0 Å². The van der Waals surface area contributed by atoms with Crippen LogP contribution in [0.2, 0.25) is 0 Å². The molecule has 0 spiro atoms. The van der Waals surface area contributed by atoms with Gasteiger partial charge in [0.1, 0.15) is 5.60 Å². The number of rotatable bonds is 3. The zero-order valence-corrected chi connectivity index (χ0v) is 7.07. The lowest BCUT2D eigenvalue weighted by atomic mass is 10.0. The summed E-state index contributed by atoms with van der Waals surface area (Å²) in [5.41, 5.74) is -0.759. The summed E-state index contributed by atoms with van der Waals surface area (Å²) in [5, 5.41) is 9.47. The van der Waals surface area contributed by atoms with E-state index in [2.05, 4.69) is 18.8 Å². The van der Waals surface area contributed by atoms with Gasteiger partial charge in [0.05, 0.1) is 0 Å². The molecule has 1 nitrogen and oxygen atoms in total. The van der Waals surface area contributed by atoms with Gasteiger partial charge in [-0.05, 0) is 26.7 Å². The lowest BCUT2D eigenvalue weighted by Gasteiger charge is -2.14. The first-order valence-corrected chi connectivity index (χ1v) is 3.78. The second kappa shape index (κ2) is 4.35. The molecule has 0 unspecified atom stereocenters. The Bertz CT molecular complexity index is 137. The van der Waals surface area contributed by atoms with Crippen molar-refractivity contribution >= 4 is 0 Å². The van der Waals surface area contributed by atoms with Crippen LogP contribution in [0.4, 0.5) is 0 Å². The van der Waals surface area contributed by atoms with Gasteiger partial charge in [-0.3, -0.25) is 0 Å². The highest BCUT2D eigenvalue weighted by Gasteiger charge is 2.14. The van der Waals surface area contributed by atoms with Crippen molar-refractivity contribution in [3.63, 3.8) is 0 Å². The average molecular weight is 140 g/mol. The highest BCUT2D eigenvalue weighted by molar-refractivity contribution is 5.09. The molecular formula is C9H16O. The minimum atomic E-state index is -0.759. The SMILES string of the molecule is CC#C[C@](C)(O)CCCC. The third-order valence-corrected chi connectivity index (χ3v) is 1.41. The predicted octanol–water partition coefficient (Wildman–Crippen LogP) is 1.95. The van der Waals surface area contributed by atoms with Crippen molar-refractivity contribution in [1.82, 2.24) is 0 Å². The highest BCUT2D eigenvalue weighted by atomic mass is 16.3. The molecule has 0 saturated carbocycles. The first-order chi connectivity index (χ1) is 4.62. The van der Waals surface area contributed by atoms with Crippen LogP contribution in [0, 0.1) is 11.8 Å². The Morgan fingerprint density at radius 3 is 2.50 bits per heavy atom. The van der Waals surface area contributed by atoms with Crippen LogP contribution in [-0.4, -0.2) is 10.7 Å². The summed E-state index contributed by atoms with van der Waals surface area (Å²) < 4.78 is 0. The molecule has 0 aliphatic carbocycles. The van der Waals surface area contributed by atoms with Crippen LogP contribution in [0.15, 0.2) is 0 Å². The molecule has 0 aliphatic rings. The molecule has 1 N–H and O–H groups in total. The lowest BCUT2D eigenvalue weighted by molar-refractivity contribution is 0.109. The van der Waals surface area contributed by atoms with Crippen LogP contribution in [-0.2, 0) is 0 Å². The first kappa shape index (κ1) is 9.52. The summed E-state index contributed by atoms with van der Waals surface area (Å²) in [6.45, 7) is 5.62. The number of hydrogen-bond donors (Lipinski definition) is 1. The fraction of sp³-hybridized carbons (Fsp3) is 0.778. The van der Waals surface area contributed by atoms with E-state index in [0.29, 0.717) is 0 Å². The van der Waals surface area contributed by atoms with Gasteiger partial charge in [-0.2, -0.15) is 0 Å². The maximum absolute atomic E-state index is 9.47. The second-order valence-electron chi connectivity index (χ2n) is 2.75. The summed E-state index contributed by atoms with van der Waals surface area (Å²) in [6.07, 6.45) is 2.94. The predicted molar refractivity (Wildman–Crippen MR) is 43.6 cm³/mol. The van der Waals surface area contributed by atoms with E-state index >= 15 is 0 Å². The Morgan fingerprint density at radius 2 is 2.10 bits per heavy atom. The summed E-state index contributed by atoms with van der Waals surface area (Å²) in [6, 6.07) is 0. The van der Waals surface area contributed by atoms with Gasteiger partial charge in [-0.25, -0.2) is 0 Å². The molecule has 1 atom stereocenters. The first-order valence-electron chi connectivity index (χ1n) is 3.78. The molecule has 0 aromatic carbocycles. The average Bonchev–Trinajstić information content (AvgIpc) is 1.84. The van der Waals surface area contributed by atoms with Gasteiger partial charge in [-0.1, -0.05) is 19.3 Å². The fourth-order valence-electron chi connectivity index (χ4n) is 0.853. The van der Waals surface area contributed by atoms with E-state index in [1.807, 2.05) is 0 Å². The second-order valence-corrected chi connectivity index (χ2v) is 2.75. The standard InChI is InChI=1S/C9H16O/c1-4-6-8-9(3,10)7-5-2/h10H,4,6,8H2,1-3H3/t9-/m0/s1. The van der Waals surface area contributed by atoms with E-state index in [1.54, 1.807) is 13.8 Å². The molecule has 0 fully saturated rings. The van der Waals surface area contributed by atoms with Crippen LogP contribution < -0.4 is 0 Å². The van der Waals surface area contributed by atoms with Crippen molar-refractivity contribution in [3.8, 4) is 11.8 Å². The maximum Gasteiger partial charge on any atom is 0.122 e. The summed E-state index contributed by atoms with van der Waals surface area (Å²) >= 11 is 0. The monoisotopic (exact) mass is 140 g/mol. The van der Waals surface area contributed by atoms with Crippen LogP contribution >= 0.6 is 0 Å². The molecular weight excluding hydrogens is 124 g/mol. The number of unbranched alkanes of at least 4 members (excludes halogenated alkanes) is 1. The molecule has 0 aromatic heterocycles. The summed E-state index contributed by atoms with van der Waals surface area (Å²) in [4.78, 5) is 0. The van der Waals surface area contributed by atoms with E-state index < -0.39 is 5.60 Å². The minimum Gasteiger partial charge on any atom is -0.378 e. The Labute approximate surface area is 63.5 Å². The van der Waals surface area contributed by atoms with Gasteiger partial charge in [-0.15, -0.1) is 5.92 Å². The molecule has 0 saturated heterocycles. The highest BCUT2D eigenvalue weighted by Crippen LogP contribution is 2.11. The minimum absolute atomic E-state index is 0.759. The lowest BCUT2D eigenvalue weighted by Crippen LogP contribution is -2.20. The van der Waals surface area contributed by atoms with E-state index in [1.165, 1.54) is 0 Å². The van der Waals surface area contributed by atoms with Crippen LogP contribution in [0.25, 0.3) is 0 Å². The topological polar surface area (TPSA) is 20.2 Å². The van der Waals surface area contributed by atoms with Crippen LogP contribution in [0.1, 0.15) is 40.0 Å². The van der Waals surface area contributed by atoms with Gasteiger partial charge in [0.15, 0.2) is 0 Å². The van der Waals surface area contributed by atoms with Gasteiger partial charge >= 0.3 is 0 Å². The van der Waals surface area contributed by atoms with E-state index in [-0.39, 0.29) is 0 Å². The molecule has 0 aromatic rings. The fourth-order valence-corrected chi connectivity index (χ4v) is 0.853. The van der Waals surface area contributed by atoms with Gasteiger partial charge < -0.3 is 5.11 Å². The molecule has 10 heavy (non-hydrogen) atoms. The van der Waals surface area contributed by atoms with Gasteiger partial charge in [0.2, 0.25) is 0 Å². The van der Waals surface area contributed by atoms with Gasteiger partial charge in [0.25, 0.3) is 0 Å². The molecule has 0 rings (SSSR count). The molecule has 58 valence electrons. The zero-order chi connectivity index (χ0) is 8.04. The van der Waals surface area contributed by atoms with Crippen molar-refractivity contribution in [3.05, 3.63) is 0 Å². The molecule has 0 amide bonds. The Balaban J connectivity index is 3.71. The van der Waals surface area contributed by atoms with E-state index in [9.17, 15) is 5.11 Å². The molecule has 0 bridgehead atoms. The number of hydrogen-bond acceptors (Lipinski definition) is 1. The zero-order valence-electron chi connectivity index (χ0n) is 7.07. The normalized spacial score (nSPS) is 15.2. The number of aliphatic hydroxyl groups is 1. The molecule has 0 radical (unpaired) electrons. The Hall–Kier alpha value is -0.480. The summed E-state index contributed by atoms with van der Waals surface area (Å²) in [5.74, 6) is 5.48. The van der Waals surface area contributed by atoms with Crippen LogP contribution in [0.5, 0.6) is 0 Å². The quantitative estimate of drug-likeness (QED) is 0.594. The van der Waals surface area contributed by atoms with Crippen molar-refractivity contribution in [2.75, 3.05) is 0 Å². The third kappa shape index (κ3) is 4.40.